The fourth-order valence-electron chi connectivity index (χ4n) is 2.79. The molecule has 0 spiro atoms. The Kier molecular flexibility index (Phi) is 6.66. The second-order valence-corrected chi connectivity index (χ2v) is 7.61. The van der Waals surface area contributed by atoms with Gasteiger partial charge in [0.1, 0.15) is 5.82 Å². The SMILES string of the molecule is CCc1nc2ccc(Br)cc2c(=O)n1N=Cc1cc(Cl)cc([N+](=O)[O-])c1OCC(N)=O. The van der Waals surface area contributed by atoms with Crippen molar-refractivity contribution in [3.63, 3.8) is 0 Å². The molecule has 0 atom stereocenters. The van der Waals surface area contributed by atoms with Gasteiger partial charge in [-0.15, -0.1) is 0 Å². The number of fused-ring (bicyclic) bond motifs is 1. The van der Waals surface area contributed by atoms with E-state index in [2.05, 4.69) is 26.0 Å². The second-order valence-electron chi connectivity index (χ2n) is 6.26. The Morgan fingerprint density at radius 3 is 2.81 bits per heavy atom. The number of carbonyl (C=O) groups excluding carboxylic acids is 1. The molecule has 31 heavy (non-hydrogen) atoms. The van der Waals surface area contributed by atoms with Crippen LogP contribution in [-0.2, 0) is 11.2 Å². The van der Waals surface area contributed by atoms with Crippen molar-refractivity contribution >= 4 is 56.2 Å². The van der Waals surface area contributed by atoms with Crippen molar-refractivity contribution in [3.05, 3.63) is 71.7 Å². The zero-order valence-electron chi connectivity index (χ0n) is 16.0. The molecule has 0 aliphatic rings. The van der Waals surface area contributed by atoms with E-state index in [1.165, 1.54) is 12.3 Å². The third kappa shape index (κ3) is 4.89. The number of carbonyl (C=O) groups is 1. The van der Waals surface area contributed by atoms with Gasteiger partial charge >= 0.3 is 5.69 Å². The number of ether oxygens (including phenoxy) is 1. The molecule has 1 amide bonds. The first-order valence-electron chi connectivity index (χ1n) is 8.85. The largest absolute Gasteiger partial charge is 0.476 e. The summed E-state index contributed by atoms with van der Waals surface area (Å²) in [5.74, 6) is -0.687. The Labute approximate surface area is 188 Å². The Bertz CT molecular complexity index is 1290. The molecule has 0 unspecified atom stereocenters. The van der Waals surface area contributed by atoms with E-state index in [9.17, 15) is 19.7 Å². The summed E-state index contributed by atoms with van der Waals surface area (Å²) in [6, 6.07) is 7.55. The number of primary amides is 1. The predicted molar refractivity (Wildman–Crippen MR) is 119 cm³/mol. The predicted octanol–water partition coefficient (Wildman–Crippen LogP) is 3.03. The van der Waals surface area contributed by atoms with Crippen molar-refractivity contribution < 1.29 is 14.5 Å². The van der Waals surface area contributed by atoms with Crippen LogP contribution in [0.3, 0.4) is 0 Å². The summed E-state index contributed by atoms with van der Waals surface area (Å²) in [5.41, 5.74) is 4.79. The second kappa shape index (κ2) is 9.23. The molecule has 3 rings (SSSR count). The van der Waals surface area contributed by atoms with Crippen LogP contribution >= 0.6 is 27.5 Å². The summed E-state index contributed by atoms with van der Waals surface area (Å²) < 4.78 is 7.03. The number of nitrogens with zero attached hydrogens (tertiary/aromatic N) is 4. The smallest absolute Gasteiger partial charge is 0.313 e. The lowest BCUT2D eigenvalue weighted by atomic mass is 10.2. The number of nitro benzene ring substituents is 1. The van der Waals surface area contributed by atoms with Crippen molar-refractivity contribution in [2.75, 3.05) is 6.61 Å². The van der Waals surface area contributed by atoms with E-state index in [1.54, 1.807) is 18.2 Å². The molecule has 0 saturated heterocycles. The first-order valence-corrected chi connectivity index (χ1v) is 10.0. The maximum Gasteiger partial charge on any atom is 0.313 e. The van der Waals surface area contributed by atoms with Gasteiger partial charge in [0.2, 0.25) is 5.75 Å². The number of nitrogens with two attached hydrogens (primary N) is 1. The van der Waals surface area contributed by atoms with Gasteiger partial charge in [0.05, 0.1) is 22.0 Å². The van der Waals surface area contributed by atoms with Crippen LogP contribution in [0, 0.1) is 10.1 Å². The summed E-state index contributed by atoms with van der Waals surface area (Å²) in [4.78, 5) is 39.2. The van der Waals surface area contributed by atoms with Crippen LogP contribution in [0.1, 0.15) is 18.3 Å². The Morgan fingerprint density at radius 2 is 2.16 bits per heavy atom. The normalized spacial score (nSPS) is 11.2. The number of hydrogen-bond acceptors (Lipinski definition) is 7. The highest BCUT2D eigenvalue weighted by Gasteiger charge is 2.21. The lowest BCUT2D eigenvalue weighted by molar-refractivity contribution is -0.385. The van der Waals surface area contributed by atoms with Gasteiger partial charge in [0.25, 0.3) is 11.5 Å². The van der Waals surface area contributed by atoms with Crippen molar-refractivity contribution in [3.8, 4) is 5.75 Å². The van der Waals surface area contributed by atoms with Gasteiger partial charge in [-0.2, -0.15) is 9.78 Å². The highest BCUT2D eigenvalue weighted by molar-refractivity contribution is 9.10. The quantitative estimate of drug-likeness (QED) is 0.295. The van der Waals surface area contributed by atoms with Crippen LogP contribution < -0.4 is 16.0 Å². The van der Waals surface area contributed by atoms with Crippen molar-refractivity contribution in [2.45, 2.75) is 13.3 Å². The van der Waals surface area contributed by atoms with Gasteiger partial charge in [-0.1, -0.05) is 34.5 Å². The Balaban J connectivity index is 2.18. The standard InChI is InChI=1S/C19H15BrClN5O5/c1-2-17-24-14-4-3-11(20)6-13(14)19(28)25(17)23-8-10-5-12(21)7-15(26(29)30)18(10)31-9-16(22)27/h3-8H,2,9H2,1H3,(H2,22,27). The summed E-state index contributed by atoms with van der Waals surface area (Å²) in [6.07, 6.45) is 1.58. The number of aromatic nitrogens is 2. The molecule has 0 bridgehead atoms. The van der Waals surface area contributed by atoms with E-state index in [0.717, 1.165) is 10.7 Å². The van der Waals surface area contributed by atoms with Crippen LogP contribution in [0.15, 0.2) is 44.7 Å². The van der Waals surface area contributed by atoms with E-state index in [4.69, 9.17) is 22.1 Å². The number of hydrogen-bond donors (Lipinski definition) is 1. The highest BCUT2D eigenvalue weighted by Crippen LogP contribution is 2.33. The number of aryl methyl sites for hydroxylation is 1. The molecule has 0 fully saturated rings. The minimum absolute atomic E-state index is 0.0446. The van der Waals surface area contributed by atoms with E-state index >= 15 is 0 Å². The molecule has 2 aromatic carbocycles. The molecule has 1 aromatic heterocycles. The van der Waals surface area contributed by atoms with Crippen molar-refractivity contribution in [1.29, 1.82) is 0 Å². The van der Waals surface area contributed by atoms with Crippen LogP contribution in [0.5, 0.6) is 5.75 Å². The van der Waals surface area contributed by atoms with Gasteiger partial charge < -0.3 is 10.5 Å². The molecule has 0 saturated carbocycles. The van der Waals surface area contributed by atoms with Crippen LogP contribution in [-0.4, -0.2) is 33.3 Å². The summed E-state index contributed by atoms with van der Waals surface area (Å²) in [7, 11) is 0. The maximum atomic E-state index is 13.0. The summed E-state index contributed by atoms with van der Waals surface area (Å²) in [6.45, 7) is 1.22. The van der Waals surface area contributed by atoms with Crippen LogP contribution in [0.4, 0.5) is 5.69 Å². The van der Waals surface area contributed by atoms with E-state index in [-0.39, 0.29) is 16.3 Å². The molecule has 0 radical (unpaired) electrons. The molecule has 3 aromatic rings. The van der Waals surface area contributed by atoms with Crippen LogP contribution in [0.2, 0.25) is 5.02 Å². The highest BCUT2D eigenvalue weighted by atomic mass is 79.9. The molecular formula is C19H15BrClN5O5. The zero-order valence-corrected chi connectivity index (χ0v) is 18.4. The van der Waals surface area contributed by atoms with Gasteiger partial charge in [-0.05, 0) is 24.3 Å². The number of amides is 1. The average Bonchev–Trinajstić information content (AvgIpc) is 2.71. The molecule has 12 heteroatoms. The first-order chi connectivity index (χ1) is 14.7. The third-order valence-corrected chi connectivity index (χ3v) is 4.83. The van der Waals surface area contributed by atoms with Crippen molar-refractivity contribution in [2.24, 2.45) is 10.8 Å². The maximum absolute atomic E-state index is 13.0. The first kappa shape index (κ1) is 22.4. The third-order valence-electron chi connectivity index (χ3n) is 4.12. The summed E-state index contributed by atoms with van der Waals surface area (Å²) >= 11 is 9.32. The van der Waals surface area contributed by atoms with Gasteiger partial charge in [0, 0.05) is 27.5 Å². The number of halogens is 2. The van der Waals surface area contributed by atoms with Gasteiger partial charge in [-0.25, -0.2) is 4.98 Å². The van der Waals surface area contributed by atoms with Crippen LogP contribution in [0.25, 0.3) is 10.9 Å². The van der Waals surface area contributed by atoms with Gasteiger partial charge in [-0.3, -0.25) is 19.7 Å². The molecular weight excluding hydrogens is 494 g/mol. The fraction of sp³-hybridized carbons (Fsp3) is 0.158. The van der Waals surface area contributed by atoms with E-state index in [0.29, 0.717) is 27.6 Å². The molecule has 1 heterocycles. The lowest BCUT2D eigenvalue weighted by Gasteiger charge is -2.10. The fourth-order valence-corrected chi connectivity index (χ4v) is 3.38. The molecule has 0 aliphatic heterocycles. The minimum atomic E-state index is -0.819. The topological polar surface area (TPSA) is 143 Å². The number of nitro groups is 1. The van der Waals surface area contributed by atoms with Gasteiger partial charge in [0.15, 0.2) is 6.61 Å². The monoisotopic (exact) mass is 507 g/mol. The number of benzene rings is 2. The van der Waals surface area contributed by atoms with E-state index in [1.807, 2.05) is 6.92 Å². The summed E-state index contributed by atoms with van der Waals surface area (Å²) in [5, 5.41) is 16.0. The molecule has 2 N–H and O–H groups in total. The van der Waals surface area contributed by atoms with Crippen molar-refractivity contribution in [1.82, 2.24) is 9.66 Å². The molecule has 0 aliphatic carbocycles. The Hall–Kier alpha value is -3.31. The van der Waals surface area contributed by atoms with E-state index < -0.39 is 28.7 Å². The number of rotatable bonds is 7. The Morgan fingerprint density at radius 1 is 1.42 bits per heavy atom. The average molecular weight is 509 g/mol. The minimum Gasteiger partial charge on any atom is -0.476 e. The molecule has 10 nitrogen and oxygen atoms in total. The lowest BCUT2D eigenvalue weighted by Crippen LogP contribution is -2.22. The zero-order chi connectivity index (χ0) is 22.7. The molecule has 160 valence electrons.